The summed E-state index contributed by atoms with van der Waals surface area (Å²) in [6.07, 6.45) is 16.5. The standard InChI is InChI=1S/C28H35N5O/c34-27(29-16-13-23-9-3-1-4-10-23)24-14-19-31(20-15-24)22-25-21-30-33(26-11-5-2-6-12-26)28(25)32-17-7-8-18-32/h2,5-9,11-12,17-18,21,24H,1,3-4,10,13-16,19-20,22H2,(H,29,34)/p+1. The molecule has 1 aliphatic heterocycles. The van der Waals surface area contributed by atoms with E-state index in [1.165, 1.54) is 41.7 Å². The average molecular weight is 459 g/mol. The maximum atomic E-state index is 12.7. The Hall–Kier alpha value is -3.12. The van der Waals surface area contributed by atoms with Gasteiger partial charge in [0.1, 0.15) is 12.4 Å². The lowest BCUT2D eigenvalue weighted by Crippen LogP contribution is -3.11. The number of piperidine rings is 1. The van der Waals surface area contributed by atoms with Gasteiger partial charge in [0.05, 0.1) is 30.5 Å². The summed E-state index contributed by atoms with van der Waals surface area (Å²) in [6.45, 7) is 3.75. The lowest BCUT2D eigenvalue weighted by Gasteiger charge is -2.28. The Kier molecular flexibility index (Phi) is 7.25. The fourth-order valence-corrected chi connectivity index (χ4v) is 5.37. The molecule has 1 saturated heterocycles. The minimum Gasteiger partial charge on any atom is -0.356 e. The van der Waals surface area contributed by atoms with Crippen LogP contribution in [0.25, 0.3) is 11.5 Å². The number of amides is 1. The largest absolute Gasteiger partial charge is 0.356 e. The highest BCUT2D eigenvalue weighted by Crippen LogP contribution is 2.21. The second-order valence-electron chi connectivity index (χ2n) is 9.68. The molecule has 34 heavy (non-hydrogen) atoms. The third-order valence-electron chi connectivity index (χ3n) is 7.30. The minimum atomic E-state index is 0.153. The van der Waals surface area contributed by atoms with Gasteiger partial charge in [0, 0.05) is 37.7 Å². The van der Waals surface area contributed by atoms with E-state index in [2.05, 4.69) is 40.5 Å². The zero-order chi connectivity index (χ0) is 23.2. The van der Waals surface area contributed by atoms with Gasteiger partial charge in [-0.2, -0.15) is 5.10 Å². The molecule has 2 aromatic heterocycles. The van der Waals surface area contributed by atoms with Crippen LogP contribution in [0.15, 0.2) is 72.7 Å². The number of quaternary nitrogens is 1. The Morgan fingerprint density at radius 2 is 1.85 bits per heavy atom. The number of likely N-dealkylation sites (tertiary alicyclic amines) is 1. The Bertz CT molecular complexity index is 1090. The SMILES string of the molecule is O=C(NCCC1=CCCCC1)C1CC[NH+](Cc2cnn(-c3ccccc3)c2-n2cccc2)CC1. The van der Waals surface area contributed by atoms with Crippen LogP contribution in [0.4, 0.5) is 0 Å². The molecule has 1 fully saturated rings. The van der Waals surface area contributed by atoms with E-state index in [0.717, 1.165) is 56.9 Å². The van der Waals surface area contributed by atoms with E-state index in [0.29, 0.717) is 0 Å². The van der Waals surface area contributed by atoms with Crippen molar-refractivity contribution in [3.8, 4) is 11.5 Å². The molecule has 1 amide bonds. The number of nitrogens with zero attached hydrogens (tertiary/aromatic N) is 3. The number of carbonyl (C=O) groups is 1. The van der Waals surface area contributed by atoms with Gasteiger partial charge in [0.25, 0.3) is 0 Å². The van der Waals surface area contributed by atoms with Crippen LogP contribution in [0, 0.1) is 5.92 Å². The van der Waals surface area contributed by atoms with Crippen LogP contribution < -0.4 is 10.2 Å². The van der Waals surface area contributed by atoms with Crippen molar-refractivity contribution < 1.29 is 9.69 Å². The molecular weight excluding hydrogens is 422 g/mol. The number of aromatic nitrogens is 3. The molecule has 178 valence electrons. The Balaban J connectivity index is 1.18. The molecule has 1 aliphatic carbocycles. The topological polar surface area (TPSA) is 56.3 Å². The Morgan fingerprint density at radius 3 is 2.59 bits per heavy atom. The van der Waals surface area contributed by atoms with E-state index in [1.807, 2.05) is 41.2 Å². The van der Waals surface area contributed by atoms with E-state index in [4.69, 9.17) is 5.10 Å². The molecule has 0 bridgehead atoms. The highest BCUT2D eigenvalue weighted by molar-refractivity contribution is 5.78. The number of benzene rings is 1. The molecular formula is C28H36N5O+. The summed E-state index contributed by atoms with van der Waals surface area (Å²) in [5.41, 5.74) is 3.82. The third kappa shape index (κ3) is 5.33. The molecule has 6 nitrogen and oxygen atoms in total. The van der Waals surface area contributed by atoms with Crippen LogP contribution in [0.5, 0.6) is 0 Å². The normalized spacial score (nSPS) is 20.6. The Labute approximate surface area is 202 Å². The quantitative estimate of drug-likeness (QED) is 0.508. The van der Waals surface area contributed by atoms with Crippen LogP contribution in [0.2, 0.25) is 0 Å². The molecule has 3 aromatic rings. The average Bonchev–Trinajstić information content (AvgIpc) is 3.56. The molecule has 0 saturated carbocycles. The lowest BCUT2D eigenvalue weighted by atomic mass is 9.95. The number of allylic oxidation sites excluding steroid dienone is 1. The highest BCUT2D eigenvalue weighted by atomic mass is 16.1. The highest BCUT2D eigenvalue weighted by Gasteiger charge is 2.28. The lowest BCUT2D eigenvalue weighted by molar-refractivity contribution is -0.919. The van der Waals surface area contributed by atoms with Crippen molar-refractivity contribution >= 4 is 5.91 Å². The minimum absolute atomic E-state index is 0.153. The molecule has 0 radical (unpaired) electrons. The molecule has 6 heteroatoms. The molecule has 2 aliphatic rings. The molecule has 5 rings (SSSR count). The van der Waals surface area contributed by atoms with Crippen LogP contribution in [-0.4, -0.2) is 39.9 Å². The second kappa shape index (κ2) is 10.9. The van der Waals surface area contributed by atoms with Gasteiger partial charge < -0.3 is 14.8 Å². The van der Waals surface area contributed by atoms with Crippen molar-refractivity contribution in [1.29, 1.82) is 0 Å². The maximum absolute atomic E-state index is 12.7. The fraction of sp³-hybridized carbons (Fsp3) is 0.429. The Morgan fingerprint density at radius 1 is 1.06 bits per heavy atom. The van der Waals surface area contributed by atoms with E-state index in [-0.39, 0.29) is 11.8 Å². The van der Waals surface area contributed by atoms with Gasteiger partial charge in [-0.15, -0.1) is 0 Å². The number of para-hydroxylation sites is 1. The van der Waals surface area contributed by atoms with Gasteiger partial charge in [0.15, 0.2) is 0 Å². The molecule has 0 unspecified atom stereocenters. The third-order valence-corrected chi connectivity index (χ3v) is 7.30. The van der Waals surface area contributed by atoms with Crippen molar-refractivity contribution in [3.05, 3.63) is 78.3 Å². The van der Waals surface area contributed by atoms with Crippen molar-refractivity contribution in [2.45, 2.75) is 51.5 Å². The molecule has 0 spiro atoms. The van der Waals surface area contributed by atoms with Crippen molar-refractivity contribution in [2.75, 3.05) is 19.6 Å². The van der Waals surface area contributed by atoms with Gasteiger partial charge in [-0.1, -0.05) is 29.8 Å². The first kappa shape index (κ1) is 22.7. The summed E-state index contributed by atoms with van der Waals surface area (Å²) in [5, 5.41) is 7.94. The number of hydrogen-bond acceptors (Lipinski definition) is 2. The zero-order valence-corrected chi connectivity index (χ0v) is 20.0. The summed E-state index contributed by atoms with van der Waals surface area (Å²) in [4.78, 5) is 14.2. The second-order valence-corrected chi connectivity index (χ2v) is 9.68. The fourth-order valence-electron chi connectivity index (χ4n) is 5.37. The van der Waals surface area contributed by atoms with E-state index >= 15 is 0 Å². The van der Waals surface area contributed by atoms with Crippen LogP contribution in [0.3, 0.4) is 0 Å². The molecule has 3 heterocycles. The molecule has 0 atom stereocenters. The monoisotopic (exact) mass is 458 g/mol. The van der Waals surface area contributed by atoms with Gasteiger partial charge in [0.2, 0.25) is 5.91 Å². The predicted octanol–water partition coefficient (Wildman–Crippen LogP) is 3.46. The van der Waals surface area contributed by atoms with Gasteiger partial charge in [-0.05, 0) is 56.4 Å². The first-order valence-electron chi connectivity index (χ1n) is 12.8. The maximum Gasteiger partial charge on any atom is 0.223 e. The first-order chi connectivity index (χ1) is 16.8. The van der Waals surface area contributed by atoms with E-state index in [9.17, 15) is 4.79 Å². The van der Waals surface area contributed by atoms with Crippen molar-refractivity contribution in [2.24, 2.45) is 5.92 Å². The van der Waals surface area contributed by atoms with Gasteiger partial charge in [-0.25, -0.2) is 4.68 Å². The summed E-state index contributed by atoms with van der Waals surface area (Å²) >= 11 is 0. The van der Waals surface area contributed by atoms with Gasteiger partial charge in [-0.3, -0.25) is 4.79 Å². The van der Waals surface area contributed by atoms with Gasteiger partial charge >= 0.3 is 0 Å². The van der Waals surface area contributed by atoms with Crippen LogP contribution >= 0.6 is 0 Å². The predicted molar refractivity (Wildman–Crippen MR) is 134 cm³/mol. The summed E-state index contributed by atoms with van der Waals surface area (Å²) < 4.78 is 4.17. The van der Waals surface area contributed by atoms with E-state index in [1.54, 1.807) is 0 Å². The van der Waals surface area contributed by atoms with E-state index < -0.39 is 0 Å². The van der Waals surface area contributed by atoms with Crippen LogP contribution in [0.1, 0.15) is 50.5 Å². The number of nitrogens with one attached hydrogen (secondary N) is 2. The van der Waals surface area contributed by atoms with Crippen LogP contribution in [-0.2, 0) is 11.3 Å². The van der Waals surface area contributed by atoms with Crippen molar-refractivity contribution in [3.63, 3.8) is 0 Å². The summed E-state index contributed by atoms with van der Waals surface area (Å²) in [5.74, 6) is 1.50. The number of hydrogen-bond donors (Lipinski definition) is 2. The number of rotatable bonds is 8. The summed E-state index contributed by atoms with van der Waals surface area (Å²) in [7, 11) is 0. The zero-order valence-electron chi connectivity index (χ0n) is 20.0. The number of carbonyl (C=O) groups excluding carboxylic acids is 1. The molecule has 2 N–H and O–H groups in total. The first-order valence-corrected chi connectivity index (χ1v) is 12.8. The molecule has 1 aromatic carbocycles. The smallest absolute Gasteiger partial charge is 0.223 e. The van der Waals surface area contributed by atoms with Crippen molar-refractivity contribution in [1.82, 2.24) is 19.7 Å². The summed E-state index contributed by atoms with van der Waals surface area (Å²) in [6, 6.07) is 14.4.